The summed E-state index contributed by atoms with van der Waals surface area (Å²) in [6.45, 7) is 15.4. The summed E-state index contributed by atoms with van der Waals surface area (Å²) in [6.07, 6.45) is 2.52. The van der Waals surface area contributed by atoms with Crippen molar-refractivity contribution in [1.29, 1.82) is 0 Å². The average Bonchev–Trinajstić information content (AvgIpc) is 2.67. The zero-order chi connectivity index (χ0) is 25.5. The van der Waals surface area contributed by atoms with Crippen LogP contribution < -0.4 is 15.4 Å². The van der Waals surface area contributed by atoms with Gasteiger partial charge in [0.1, 0.15) is 6.61 Å². The van der Waals surface area contributed by atoms with Crippen LogP contribution in [0.1, 0.15) is 81.1 Å². The van der Waals surface area contributed by atoms with Crippen LogP contribution in [0.2, 0.25) is 0 Å². The van der Waals surface area contributed by atoms with E-state index in [0.717, 1.165) is 0 Å². The Morgan fingerprint density at radius 3 is 1.44 bits per heavy atom. The first-order chi connectivity index (χ1) is 15.6. The highest BCUT2D eigenvalue weighted by Crippen LogP contribution is 2.39. The van der Waals surface area contributed by atoms with E-state index >= 15 is 0 Å². The minimum absolute atomic E-state index is 0.0160. The molecule has 34 heavy (non-hydrogen) atoms. The van der Waals surface area contributed by atoms with Crippen molar-refractivity contribution in [3.63, 3.8) is 0 Å². The summed E-state index contributed by atoms with van der Waals surface area (Å²) in [5.41, 5.74) is -2.14. The fourth-order valence-corrected chi connectivity index (χ4v) is 5.78. The summed E-state index contributed by atoms with van der Waals surface area (Å²) in [5, 5.41) is 43.7. The third-order valence-corrected chi connectivity index (χ3v) is 6.79. The number of hydrogen-bond donors (Lipinski definition) is 3. The number of rotatable bonds is 7. The Morgan fingerprint density at radius 2 is 1.12 bits per heavy atom. The second-order valence-corrected chi connectivity index (χ2v) is 12.2. The van der Waals surface area contributed by atoms with Crippen LogP contribution in [0.5, 0.6) is 6.01 Å². The van der Waals surface area contributed by atoms with E-state index in [1.807, 2.05) is 55.4 Å². The van der Waals surface area contributed by atoms with Crippen LogP contribution in [0, 0.1) is 0 Å². The predicted molar refractivity (Wildman–Crippen MR) is 127 cm³/mol. The molecule has 0 saturated carbocycles. The van der Waals surface area contributed by atoms with Crippen molar-refractivity contribution < 1.29 is 20.3 Å². The number of nitrogens with zero attached hydrogens (tertiary/aromatic N) is 5. The lowest BCUT2D eigenvalue weighted by Gasteiger charge is -2.50. The molecule has 11 nitrogen and oxygen atoms in total. The molecule has 0 spiro atoms. The Morgan fingerprint density at radius 1 is 0.765 bits per heavy atom. The zero-order valence-corrected chi connectivity index (χ0v) is 21.8. The second-order valence-electron chi connectivity index (χ2n) is 12.2. The smallest absolute Gasteiger partial charge is 0.323 e. The fourth-order valence-electron chi connectivity index (χ4n) is 5.78. The molecule has 2 fully saturated rings. The number of piperidine rings is 2. The van der Waals surface area contributed by atoms with Crippen LogP contribution in [-0.4, -0.2) is 77.6 Å². The summed E-state index contributed by atoms with van der Waals surface area (Å²) >= 11 is 0. The molecule has 0 unspecified atom stereocenters. The summed E-state index contributed by atoms with van der Waals surface area (Å²) in [7, 11) is 0. The molecule has 1 aromatic rings. The van der Waals surface area contributed by atoms with Crippen LogP contribution in [0.3, 0.4) is 0 Å². The van der Waals surface area contributed by atoms with Crippen molar-refractivity contribution in [3.05, 3.63) is 0 Å². The van der Waals surface area contributed by atoms with E-state index in [9.17, 15) is 15.5 Å². The highest BCUT2D eigenvalue weighted by molar-refractivity contribution is 5.38. The lowest BCUT2D eigenvalue weighted by Crippen LogP contribution is -2.60. The minimum Gasteiger partial charge on any atom is -0.461 e. The number of aliphatic hydroxyl groups is 1. The van der Waals surface area contributed by atoms with Gasteiger partial charge in [0, 0.05) is 34.2 Å². The number of aliphatic hydroxyl groups excluding tert-OH is 1. The number of hydrogen-bond acceptors (Lipinski definition) is 9. The standard InChI is InChI=1S/C23H41N7O4/c1-20(2)11-15(12-21(3,4)29(20)32)24-17-26-18(28-19(27-17)34-10-9-31)25-16-13-22(5,6)30(33)23(7,8)14-16/h15-16,31H,9-14H2,1-8H3,(H2,24,25,26,27,28). The largest absolute Gasteiger partial charge is 0.461 e. The third kappa shape index (κ3) is 5.88. The molecule has 2 aliphatic heterocycles. The van der Waals surface area contributed by atoms with Gasteiger partial charge in [0.15, 0.2) is 0 Å². The summed E-state index contributed by atoms with van der Waals surface area (Å²) < 4.78 is 5.50. The van der Waals surface area contributed by atoms with E-state index in [4.69, 9.17) is 4.74 Å². The van der Waals surface area contributed by atoms with Crippen molar-refractivity contribution in [2.24, 2.45) is 0 Å². The van der Waals surface area contributed by atoms with Crippen molar-refractivity contribution in [2.75, 3.05) is 23.8 Å². The molecular formula is C23H41N7O4. The molecule has 3 N–H and O–H groups in total. The van der Waals surface area contributed by atoms with Crippen molar-refractivity contribution >= 4 is 11.9 Å². The van der Waals surface area contributed by atoms with Crippen LogP contribution in [0.15, 0.2) is 0 Å². The van der Waals surface area contributed by atoms with Gasteiger partial charge in [-0.2, -0.15) is 15.0 Å². The molecule has 2 radical (unpaired) electrons. The predicted octanol–water partition coefficient (Wildman–Crippen LogP) is 2.80. The lowest BCUT2D eigenvalue weighted by molar-refractivity contribution is -0.288. The van der Waals surface area contributed by atoms with Gasteiger partial charge in [-0.3, -0.25) is 0 Å². The van der Waals surface area contributed by atoms with Gasteiger partial charge in [-0.05, 0) is 81.1 Å². The Labute approximate surface area is 202 Å². The summed E-state index contributed by atoms with van der Waals surface area (Å²) in [5.74, 6) is 0.697. The normalized spacial score (nSPS) is 25.1. The van der Waals surface area contributed by atoms with Crippen LogP contribution in [-0.2, 0) is 10.4 Å². The molecule has 0 aliphatic carbocycles. The van der Waals surface area contributed by atoms with Crippen molar-refractivity contribution in [3.8, 4) is 6.01 Å². The van der Waals surface area contributed by atoms with E-state index in [0.29, 0.717) is 37.6 Å². The summed E-state index contributed by atoms with van der Waals surface area (Å²) in [6, 6.07) is 0.0732. The third-order valence-electron chi connectivity index (χ3n) is 6.79. The zero-order valence-electron chi connectivity index (χ0n) is 21.8. The van der Waals surface area contributed by atoms with E-state index in [1.54, 1.807) is 0 Å². The highest BCUT2D eigenvalue weighted by atomic mass is 16.5. The fraction of sp³-hybridized carbons (Fsp3) is 0.870. The SMILES string of the molecule is CC1(C)CC(Nc2nc(NC3CC(C)(C)N([O])C(C)(C)C3)nc(OCCO)n2)CC(C)(C)N1[O]. The van der Waals surface area contributed by atoms with Crippen molar-refractivity contribution in [2.45, 2.75) is 115 Å². The maximum absolute atomic E-state index is 12.7. The number of ether oxygens (including phenoxy) is 1. The van der Waals surface area contributed by atoms with E-state index in [-0.39, 0.29) is 31.3 Å². The molecule has 2 saturated heterocycles. The highest BCUT2D eigenvalue weighted by Gasteiger charge is 2.47. The first kappa shape index (κ1) is 26.8. The Kier molecular flexibility index (Phi) is 7.37. The second kappa shape index (κ2) is 9.34. The Balaban J connectivity index is 1.83. The molecule has 0 atom stereocenters. The Bertz CT molecular complexity index is 763. The molecule has 0 bridgehead atoms. The van der Waals surface area contributed by atoms with Crippen molar-refractivity contribution in [1.82, 2.24) is 25.1 Å². The Hall–Kier alpha value is -1.79. The molecule has 0 aromatic carbocycles. The van der Waals surface area contributed by atoms with E-state index < -0.39 is 22.2 Å². The molecule has 0 amide bonds. The molecule has 3 heterocycles. The van der Waals surface area contributed by atoms with E-state index in [2.05, 4.69) is 25.6 Å². The quantitative estimate of drug-likeness (QED) is 0.539. The van der Waals surface area contributed by atoms with Crippen LogP contribution >= 0.6 is 0 Å². The van der Waals surface area contributed by atoms with Crippen LogP contribution in [0.25, 0.3) is 0 Å². The average molecular weight is 480 g/mol. The molecule has 1 aromatic heterocycles. The van der Waals surface area contributed by atoms with Gasteiger partial charge in [-0.1, -0.05) is 0 Å². The first-order valence-electron chi connectivity index (χ1n) is 12.0. The number of anilines is 2. The van der Waals surface area contributed by atoms with Gasteiger partial charge >= 0.3 is 6.01 Å². The monoisotopic (exact) mass is 479 g/mol. The van der Waals surface area contributed by atoms with Gasteiger partial charge in [0.2, 0.25) is 11.9 Å². The van der Waals surface area contributed by atoms with Crippen LogP contribution in [0.4, 0.5) is 11.9 Å². The molecular weight excluding hydrogens is 438 g/mol. The van der Waals surface area contributed by atoms with Gasteiger partial charge < -0.3 is 20.5 Å². The number of nitrogens with one attached hydrogen (secondary N) is 2. The maximum atomic E-state index is 12.7. The molecule has 3 rings (SSSR count). The van der Waals surface area contributed by atoms with Gasteiger partial charge in [-0.25, -0.2) is 0 Å². The topological polar surface area (TPSA) is 138 Å². The maximum Gasteiger partial charge on any atom is 0.323 e. The molecule has 192 valence electrons. The first-order valence-corrected chi connectivity index (χ1v) is 12.0. The minimum atomic E-state index is -0.535. The van der Waals surface area contributed by atoms with E-state index in [1.165, 1.54) is 10.1 Å². The number of aromatic nitrogens is 3. The number of hydroxylamine groups is 4. The van der Waals surface area contributed by atoms with Gasteiger partial charge in [0.25, 0.3) is 0 Å². The molecule has 2 aliphatic rings. The van der Waals surface area contributed by atoms with Gasteiger partial charge in [-0.15, -0.1) is 20.5 Å². The molecule has 11 heteroatoms. The summed E-state index contributed by atoms with van der Waals surface area (Å²) in [4.78, 5) is 13.4. The lowest BCUT2D eigenvalue weighted by atomic mass is 9.79. The van der Waals surface area contributed by atoms with Gasteiger partial charge in [0.05, 0.1) is 6.61 Å².